The van der Waals surface area contributed by atoms with Crippen molar-refractivity contribution < 1.29 is 13.9 Å². The third kappa shape index (κ3) is 4.73. The van der Waals surface area contributed by atoms with Gasteiger partial charge in [-0.05, 0) is 87.1 Å². The lowest BCUT2D eigenvalue weighted by Gasteiger charge is -2.08. The number of benzene rings is 3. The van der Waals surface area contributed by atoms with Gasteiger partial charge in [0.1, 0.15) is 11.3 Å². The number of carbonyl (C=O) groups excluding carboxylic acids is 1. The summed E-state index contributed by atoms with van der Waals surface area (Å²) in [6.45, 7) is -0.152. The minimum absolute atomic E-state index is 0.152. The summed E-state index contributed by atoms with van der Waals surface area (Å²) in [6.07, 6.45) is 0. The molecule has 4 rings (SSSR count). The summed E-state index contributed by atoms with van der Waals surface area (Å²) in [7, 11) is 0. The Morgan fingerprint density at radius 3 is 2.83 bits per heavy atom. The molecule has 0 saturated heterocycles. The number of hydrogen-bond donors (Lipinski definition) is 1. The summed E-state index contributed by atoms with van der Waals surface area (Å²) in [6, 6.07) is 18.2. The molecule has 1 amide bonds. The first-order chi connectivity index (χ1) is 14.0. The van der Waals surface area contributed by atoms with Crippen LogP contribution in [0.25, 0.3) is 22.6 Å². The van der Waals surface area contributed by atoms with Gasteiger partial charge in [0.25, 0.3) is 5.91 Å². The summed E-state index contributed by atoms with van der Waals surface area (Å²) in [5.41, 5.74) is 2.75. The molecule has 1 aromatic heterocycles. The van der Waals surface area contributed by atoms with Crippen molar-refractivity contribution in [2.24, 2.45) is 0 Å². The van der Waals surface area contributed by atoms with Crippen LogP contribution in [0.3, 0.4) is 0 Å². The van der Waals surface area contributed by atoms with Crippen molar-refractivity contribution in [1.82, 2.24) is 4.98 Å². The molecule has 0 aliphatic carbocycles. The zero-order valence-corrected chi connectivity index (χ0v) is 19.3. The van der Waals surface area contributed by atoms with Crippen molar-refractivity contribution in [3.8, 4) is 17.2 Å². The van der Waals surface area contributed by atoms with Crippen LogP contribution in [0.5, 0.6) is 5.75 Å². The van der Waals surface area contributed by atoms with E-state index in [-0.39, 0.29) is 12.5 Å². The van der Waals surface area contributed by atoms with E-state index in [0.29, 0.717) is 33.4 Å². The Kier molecular flexibility index (Phi) is 6.07. The number of ether oxygens (including phenoxy) is 1. The summed E-state index contributed by atoms with van der Waals surface area (Å²) in [4.78, 5) is 16.8. The molecule has 146 valence electrons. The fourth-order valence-electron chi connectivity index (χ4n) is 2.68. The molecule has 5 nitrogen and oxygen atoms in total. The van der Waals surface area contributed by atoms with Crippen LogP contribution < -0.4 is 10.1 Å². The largest absolute Gasteiger partial charge is 0.482 e. The van der Waals surface area contributed by atoms with Crippen molar-refractivity contribution in [2.75, 3.05) is 11.9 Å². The molecule has 0 atom stereocenters. The van der Waals surface area contributed by atoms with Crippen molar-refractivity contribution in [2.45, 2.75) is 0 Å². The topological polar surface area (TPSA) is 64.4 Å². The molecular formula is C21H13BrClIN2O3. The number of nitrogens with zero attached hydrogens (tertiary/aromatic N) is 1. The first-order valence-electron chi connectivity index (χ1n) is 8.53. The average Bonchev–Trinajstić information content (AvgIpc) is 3.12. The highest BCUT2D eigenvalue weighted by Crippen LogP contribution is 2.32. The van der Waals surface area contributed by atoms with E-state index in [2.05, 4.69) is 48.8 Å². The smallest absolute Gasteiger partial charge is 0.262 e. The Morgan fingerprint density at radius 2 is 2.00 bits per heavy atom. The normalized spacial score (nSPS) is 10.9. The molecule has 0 fully saturated rings. The summed E-state index contributed by atoms with van der Waals surface area (Å²) < 4.78 is 13.3. The molecular weight excluding hydrogens is 571 g/mol. The highest BCUT2D eigenvalue weighted by Gasteiger charge is 2.13. The van der Waals surface area contributed by atoms with Crippen LogP contribution in [0.2, 0.25) is 5.02 Å². The van der Waals surface area contributed by atoms with Crippen LogP contribution in [0, 0.1) is 3.57 Å². The highest BCUT2D eigenvalue weighted by atomic mass is 127. The third-order valence-corrected chi connectivity index (χ3v) is 5.70. The van der Waals surface area contributed by atoms with E-state index in [4.69, 9.17) is 20.8 Å². The van der Waals surface area contributed by atoms with Gasteiger partial charge in [-0.3, -0.25) is 4.79 Å². The highest BCUT2D eigenvalue weighted by molar-refractivity contribution is 14.1. The standard InChI is InChI=1S/C21H13BrClIN2O3/c22-15-7-5-12(24)9-14(15)21-26-17-10-13(6-8-19(17)29-21)25-20(27)11-28-18-4-2-1-3-16(18)23/h1-10H,11H2,(H,25,27). The summed E-state index contributed by atoms with van der Waals surface area (Å²) in [5, 5.41) is 3.25. The maximum absolute atomic E-state index is 12.2. The molecule has 0 aliphatic rings. The Morgan fingerprint density at radius 1 is 1.17 bits per heavy atom. The molecule has 0 spiro atoms. The number of aromatic nitrogens is 1. The van der Waals surface area contributed by atoms with Gasteiger partial charge >= 0.3 is 0 Å². The number of hydrogen-bond acceptors (Lipinski definition) is 4. The molecule has 0 saturated carbocycles. The van der Waals surface area contributed by atoms with Crippen molar-refractivity contribution >= 4 is 72.8 Å². The van der Waals surface area contributed by atoms with Gasteiger partial charge in [0.05, 0.1) is 10.6 Å². The molecule has 8 heteroatoms. The number of rotatable bonds is 5. The number of amides is 1. The van der Waals surface area contributed by atoms with Gasteiger partial charge in [0.15, 0.2) is 12.2 Å². The lowest BCUT2D eigenvalue weighted by atomic mass is 10.2. The Balaban J connectivity index is 1.49. The minimum atomic E-state index is -0.298. The van der Waals surface area contributed by atoms with Gasteiger partial charge in [-0.1, -0.05) is 23.7 Å². The predicted molar refractivity (Wildman–Crippen MR) is 125 cm³/mol. The van der Waals surface area contributed by atoms with Crippen LogP contribution in [-0.2, 0) is 4.79 Å². The van der Waals surface area contributed by atoms with Gasteiger partial charge in [-0.2, -0.15) is 0 Å². The van der Waals surface area contributed by atoms with Crippen LogP contribution in [-0.4, -0.2) is 17.5 Å². The fourth-order valence-corrected chi connectivity index (χ4v) is 3.78. The maximum atomic E-state index is 12.2. The lowest BCUT2D eigenvalue weighted by Crippen LogP contribution is -2.20. The number of halogens is 3. The van der Waals surface area contributed by atoms with Crippen molar-refractivity contribution in [1.29, 1.82) is 0 Å². The number of carbonyl (C=O) groups is 1. The second kappa shape index (κ2) is 8.73. The Bertz CT molecular complexity index is 1210. The van der Waals surface area contributed by atoms with Crippen molar-refractivity contribution in [3.63, 3.8) is 0 Å². The number of nitrogens with one attached hydrogen (secondary N) is 1. The Hall–Kier alpha value is -2.10. The van der Waals surface area contributed by atoms with Crippen LogP contribution in [0.1, 0.15) is 0 Å². The Labute approximate surface area is 193 Å². The lowest BCUT2D eigenvalue weighted by molar-refractivity contribution is -0.118. The number of fused-ring (bicyclic) bond motifs is 1. The van der Waals surface area contributed by atoms with E-state index < -0.39 is 0 Å². The van der Waals surface area contributed by atoms with E-state index in [1.165, 1.54) is 0 Å². The molecule has 0 radical (unpaired) electrons. The molecule has 29 heavy (non-hydrogen) atoms. The van der Waals surface area contributed by atoms with Crippen LogP contribution in [0.15, 0.2) is 69.6 Å². The zero-order chi connectivity index (χ0) is 20.4. The van der Waals surface area contributed by atoms with Crippen LogP contribution in [0.4, 0.5) is 5.69 Å². The van der Waals surface area contributed by atoms with Gasteiger partial charge in [-0.15, -0.1) is 0 Å². The summed E-state index contributed by atoms with van der Waals surface area (Å²) >= 11 is 11.8. The SMILES string of the molecule is O=C(COc1ccccc1Cl)Nc1ccc2oc(-c3cc(I)ccc3Br)nc2c1. The molecule has 1 heterocycles. The minimum Gasteiger partial charge on any atom is -0.482 e. The first-order valence-corrected chi connectivity index (χ1v) is 10.8. The molecule has 3 aromatic carbocycles. The predicted octanol–water partition coefficient (Wildman–Crippen LogP) is 6.53. The number of para-hydroxylation sites is 1. The van der Waals surface area contributed by atoms with Gasteiger partial charge < -0.3 is 14.5 Å². The zero-order valence-electron chi connectivity index (χ0n) is 14.8. The molecule has 0 bridgehead atoms. The van der Waals surface area contributed by atoms with E-state index in [1.54, 1.807) is 42.5 Å². The van der Waals surface area contributed by atoms with Crippen LogP contribution >= 0.6 is 50.1 Å². The van der Waals surface area contributed by atoms with Crippen molar-refractivity contribution in [3.05, 3.63) is 73.7 Å². The molecule has 4 aromatic rings. The van der Waals surface area contributed by atoms with E-state index >= 15 is 0 Å². The maximum Gasteiger partial charge on any atom is 0.262 e. The molecule has 0 unspecified atom stereocenters. The number of oxazole rings is 1. The second-order valence-electron chi connectivity index (χ2n) is 6.09. The monoisotopic (exact) mass is 582 g/mol. The first kappa shape index (κ1) is 20.2. The fraction of sp³-hybridized carbons (Fsp3) is 0.0476. The van der Waals surface area contributed by atoms with E-state index in [9.17, 15) is 4.79 Å². The van der Waals surface area contributed by atoms with Gasteiger partial charge in [0.2, 0.25) is 5.89 Å². The van der Waals surface area contributed by atoms with E-state index in [1.807, 2.05) is 18.2 Å². The molecule has 1 N–H and O–H groups in total. The summed E-state index contributed by atoms with van der Waals surface area (Å²) in [5.74, 6) is 0.674. The van der Waals surface area contributed by atoms with Gasteiger partial charge in [-0.25, -0.2) is 4.98 Å². The molecule has 0 aliphatic heterocycles. The third-order valence-electron chi connectivity index (χ3n) is 4.03. The average molecular weight is 584 g/mol. The van der Waals surface area contributed by atoms with E-state index in [0.717, 1.165) is 13.6 Å². The van der Waals surface area contributed by atoms with Gasteiger partial charge in [0, 0.05) is 13.7 Å². The number of anilines is 1. The second-order valence-corrected chi connectivity index (χ2v) is 8.60. The quantitative estimate of drug-likeness (QED) is 0.271.